The maximum Gasteiger partial charge on any atom is 0.435 e. The highest BCUT2D eigenvalue weighted by atomic mass is 19.4. The molecule has 0 aromatic carbocycles. The molecule has 0 aliphatic heterocycles. The Kier molecular flexibility index (Phi) is 5.90. The SMILES string of the molecule is FC(F)=C(F)C(F)(C(F)(C(F)(F)F)C(F)(F)F)C(F)(C(F)(F)F)C(F)(F)F. The third-order valence-corrected chi connectivity index (χ3v) is 2.98. The molecule has 0 rings (SSSR count). The minimum absolute atomic E-state index is 5.05. The van der Waals surface area contributed by atoms with E-state index in [-0.39, 0.29) is 0 Å². The summed E-state index contributed by atoms with van der Waals surface area (Å²) >= 11 is 0. The van der Waals surface area contributed by atoms with Crippen molar-refractivity contribution in [1.29, 1.82) is 0 Å². The van der Waals surface area contributed by atoms with Crippen molar-refractivity contribution < 1.29 is 79.0 Å². The summed E-state index contributed by atoms with van der Waals surface area (Å²) in [5.41, 5.74) is -26.3. The molecule has 0 bridgehead atoms. The summed E-state index contributed by atoms with van der Waals surface area (Å²) in [6.07, 6.45) is -38.4. The Hall–Kier alpha value is -1.52. The van der Waals surface area contributed by atoms with E-state index in [1.165, 1.54) is 0 Å². The molecule has 0 nitrogen and oxygen atoms in total. The highest BCUT2D eigenvalue weighted by molar-refractivity contribution is 5.34. The van der Waals surface area contributed by atoms with Gasteiger partial charge >= 0.3 is 42.1 Å². The van der Waals surface area contributed by atoms with Crippen molar-refractivity contribution in [2.45, 2.75) is 41.7 Å². The summed E-state index contributed by atoms with van der Waals surface area (Å²) in [4.78, 5) is 0. The van der Waals surface area contributed by atoms with Crippen molar-refractivity contribution in [3.63, 3.8) is 0 Å². The maximum absolute atomic E-state index is 14.0. The number of hydrogen-bond donors (Lipinski definition) is 0. The van der Waals surface area contributed by atoms with Crippen LogP contribution in [-0.4, -0.2) is 41.7 Å². The third kappa shape index (κ3) is 3.17. The fourth-order valence-corrected chi connectivity index (χ4v) is 1.77. The zero-order valence-electron chi connectivity index (χ0n) is 11.3. The van der Waals surface area contributed by atoms with E-state index in [1.807, 2.05) is 0 Å². The summed E-state index contributed by atoms with van der Waals surface area (Å²) in [7, 11) is 0. The Bertz CT molecular complexity index is 510. The van der Waals surface area contributed by atoms with E-state index in [4.69, 9.17) is 0 Å². The molecule has 0 radical (unpaired) electrons. The standard InChI is InChI=1S/C9F18/c10-1(2(11)12)3(13,4(14,6(16,17)18)7(19,20)21)5(15,8(22,23)24)9(25,26)27. The van der Waals surface area contributed by atoms with Crippen LogP contribution in [0, 0.1) is 0 Å². The maximum atomic E-state index is 14.0. The lowest BCUT2D eigenvalue weighted by atomic mass is 9.71. The van der Waals surface area contributed by atoms with Gasteiger partial charge in [0.2, 0.25) is 5.83 Å². The molecule has 0 amide bonds. The van der Waals surface area contributed by atoms with Crippen LogP contribution in [0.25, 0.3) is 0 Å². The van der Waals surface area contributed by atoms with Gasteiger partial charge in [-0.3, -0.25) is 0 Å². The Morgan fingerprint density at radius 2 is 0.556 bits per heavy atom. The van der Waals surface area contributed by atoms with Crippen LogP contribution in [0.3, 0.4) is 0 Å². The Morgan fingerprint density at radius 3 is 0.667 bits per heavy atom. The van der Waals surface area contributed by atoms with Crippen LogP contribution < -0.4 is 0 Å². The van der Waals surface area contributed by atoms with Gasteiger partial charge < -0.3 is 0 Å². The molecule has 0 saturated heterocycles. The van der Waals surface area contributed by atoms with E-state index in [0.29, 0.717) is 0 Å². The van der Waals surface area contributed by atoms with E-state index in [2.05, 4.69) is 0 Å². The first-order valence-corrected chi connectivity index (χ1v) is 5.40. The van der Waals surface area contributed by atoms with Crippen LogP contribution in [0.2, 0.25) is 0 Å². The molecular weight excluding hydrogens is 450 g/mol. The Balaban J connectivity index is 7.88. The zero-order valence-corrected chi connectivity index (χ0v) is 11.3. The topological polar surface area (TPSA) is 0 Å². The van der Waals surface area contributed by atoms with Crippen LogP contribution in [0.1, 0.15) is 0 Å². The van der Waals surface area contributed by atoms with E-state index in [9.17, 15) is 79.0 Å². The third-order valence-electron chi connectivity index (χ3n) is 2.98. The van der Waals surface area contributed by atoms with E-state index < -0.39 is 53.6 Å². The molecule has 0 N–H and O–H groups in total. The van der Waals surface area contributed by atoms with Gasteiger partial charge in [0.15, 0.2) is 0 Å². The quantitative estimate of drug-likeness (QED) is 0.435. The molecule has 0 fully saturated rings. The number of rotatable bonds is 3. The lowest BCUT2D eigenvalue weighted by Crippen LogP contribution is -2.79. The fraction of sp³-hybridized carbons (Fsp3) is 0.778. The smallest absolute Gasteiger partial charge is 0.227 e. The number of alkyl halides is 15. The molecular formula is C9F18. The van der Waals surface area contributed by atoms with E-state index in [0.717, 1.165) is 0 Å². The molecule has 0 unspecified atom stereocenters. The summed E-state index contributed by atoms with van der Waals surface area (Å²) < 4.78 is 226. The van der Waals surface area contributed by atoms with Crippen molar-refractivity contribution in [3.8, 4) is 0 Å². The van der Waals surface area contributed by atoms with Crippen LogP contribution in [0.4, 0.5) is 79.0 Å². The average molecular weight is 450 g/mol. The molecule has 0 aromatic heterocycles. The molecule has 0 atom stereocenters. The Morgan fingerprint density at radius 1 is 0.370 bits per heavy atom. The molecule has 0 saturated carbocycles. The summed E-state index contributed by atoms with van der Waals surface area (Å²) in [6.45, 7) is 0. The highest BCUT2D eigenvalue weighted by Gasteiger charge is 2.98. The van der Waals surface area contributed by atoms with E-state index in [1.54, 1.807) is 0 Å². The van der Waals surface area contributed by atoms with Crippen LogP contribution >= 0.6 is 0 Å². The average Bonchev–Trinajstić information content (AvgIpc) is 2.38. The lowest BCUT2D eigenvalue weighted by Gasteiger charge is -2.47. The summed E-state index contributed by atoms with van der Waals surface area (Å²) in [6, 6.07) is 0. The van der Waals surface area contributed by atoms with Crippen LogP contribution in [0.5, 0.6) is 0 Å². The molecule has 0 aliphatic rings. The lowest BCUT2D eigenvalue weighted by molar-refractivity contribution is -0.438. The molecule has 0 heterocycles. The predicted octanol–water partition coefficient (Wildman–Crippen LogP) is 6.44. The molecule has 162 valence electrons. The number of hydrogen-bond acceptors (Lipinski definition) is 0. The minimum Gasteiger partial charge on any atom is -0.227 e. The molecule has 0 spiro atoms. The second-order valence-corrected chi connectivity index (χ2v) is 4.54. The van der Waals surface area contributed by atoms with Gasteiger partial charge in [0.05, 0.1) is 0 Å². The molecule has 0 aliphatic carbocycles. The molecule has 27 heavy (non-hydrogen) atoms. The number of halogens is 18. The second kappa shape index (κ2) is 6.25. The van der Waals surface area contributed by atoms with Crippen molar-refractivity contribution >= 4 is 0 Å². The van der Waals surface area contributed by atoms with Crippen molar-refractivity contribution in [1.82, 2.24) is 0 Å². The fourth-order valence-electron chi connectivity index (χ4n) is 1.77. The van der Waals surface area contributed by atoms with Crippen molar-refractivity contribution in [2.24, 2.45) is 0 Å². The first-order chi connectivity index (χ1) is 11.4. The largest absolute Gasteiger partial charge is 0.435 e. The van der Waals surface area contributed by atoms with Gasteiger partial charge in [-0.25, -0.2) is 17.6 Å². The molecule has 0 aromatic rings. The van der Waals surface area contributed by atoms with Gasteiger partial charge in [0.1, 0.15) is 0 Å². The van der Waals surface area contributed by atoms with Crippen molar-refractivity contribution in [2.75, 3.05) is 0 Å². The van der Waals surface area contributed by atoms with Gasteiger partial charge in [0, 0.05) is 0 Å². The molecule has 18 heteroatoms. The van der Waals surface area contributed by atoms with Gasteiger partial charge in [0.25, 0.3) is 5.67 Å². The first-order valence-electron chi connectivity index (χ1n) is 5.40. The van der Waals surface area contributed by atoms with Gasteiger partial charge in [-0.05, 0) is 0 Å². The normalized spacial score (nSPS) is 15.8. The van der Waals surface area contributed by atoms with Crippen LogP contribution in [0.15, 0.2) is 11.9 Å². The predicted molar refractivity (Wildman–Crippen MR) is 46.1 cm³/mol. The zero-order chi connectivity index (χ0) is 22.7. The monoisotopic (exact) mass is 450 g/mol. The van der Waals surface area contributed by atoms with E-state index >= 15 is 0 Å². The van der Waals surface area contributed by atoms with Crippen LogP contribution in [-0.2, 0) is 0 Å². The second-order valence-electron chi connectivity index (χ2n) is 4.54. The first kappa shape index (κ1) is 25.5. The van der Waals surface area contributed by atoms with Gasteiger partial charge in [-0.2, -0.15) is 61.5 Å². The summed E-state index contributed by atoms with van der Waals surface area (Å²) in [5.74, 6) is -5.56. The highest BCUT2D eigenvalue weighted by Crippen LogP contribution is 2.67. The summed E-state index contributed by atoms with van der Waals surface area (Å²) in [5, 5.41) is 0. The minimum atomic E-state index is -8.76. The van der Waals surface area contributed by atoms with Gasteiger partial charge in [-0.15, -0.1) is 0 Å². The Labute approximate surface area is 134 Å². The van der Waals surface area contributed by atoms with Crippen molar-refractivity contribution in [3.05, 3.63) is 11.9 Å². The number of allylic oxidation sites excluding steroid dienone is 1. The van der Waals surface area contributed by atoms with Gasteiger partial charge in [-0.1, -0.05) is 0 Å².